The molecule has 116 valence electrons. The summed E-state index contributed by atoms with van der Waals surface area (Å²) in [5.74, 6) is 0.0853. The van der Waals surface area contributed by atoms with Gasteiger partial charge in [0, 0.05) is 6.54 Å². The second-order valence-corrected chi connectivity index (χ2v) is 4.84. The predicted molar refractivity (Wildman–Crippen MR) is 83.8 cm³/mol. The molecule has 5 heteroatoms. The fourth-order valence-electron chi connectivity index (χ4n) is 2.12. The molecule has 0 unspecified atom stereocenters. The van der Waals surface area contributed by atoms with Crippen molar-refractivity contribution in [2.24, 2.45) is 0 Å². The Bertz CT molecular complexity index is 681. The van der Waals surface area contributed by atoms with E-state index in [0.717, 1.165) is 22.1 Å². The number of hydrogen-bond acceptors (Lipinski definition) is 4. The average molecular weight is 301 g/mol. The number of nitrogens with one attached hydrogen (secondary N) is 1. The van der Waals surface area contributed by atoms with Crippen molar-refractivity contribution < 1.29 is 19.1 Å². The smallest absolute Gasteiger partial charge is 0.310 e. The summed E-state index contributed by atoms with van der Waals surface area (Å²) in [5.41, 5.74) is 0.846. The zero-order valence-electron chi connectivity index (χ0n) is 12.7. The summed E-state index contributed by atoms with van der Waals surface area (Å²) >= 11 is 0. The van der Waals surface area contributed by atoms with Crippen LogP contribution in [0.15, 0.2) is 36.4 Å². The first kappa shape index (κ1) is 15.8. The number of esters is 1. The van der Waals surface area contributed by atoms with Gasteiger partial charge in [-0.3, -0.25) is 9.59 Å². The Hall–Kier alpha value is -2.56. The highest BCUT2D eigenvalue weighted by Gasteiger charge is 2.08. The van der Waals surface area contributed by atoms with Gasteiger partial charge in [-0.15, -0.1) is 0 Å². The maximum Gasteiger partial charge on any atom is 0.310 e. The lowest BCUT2D eigenvalue weighted by Crippen LogP contribution is -2.28. The van der Waals surface area contributed by atoms with Crippen LogP contribution in [0.3, 0.4) is 0 Å². The van der Waals surface area contributed by atoms with Crippen molar-refractivity contribution >= 4 is 22.6 Å². The molecule has 5 nitrogen and oxygen atoms in total. The van der Waals surface area contributed by atoms with Gasteiger partial charge in [0.15, 0.2) is 6.61 Å². The van der Waals surface area contributed by atoms with Gasteiger partial charge in [0.05, 0.1) is 13.5 Å². The molecule has 0 aliphatic rings. The molecule has 0 aliphatic carbocycles. The third-order valence-electron chi connectivity index (χ3n) is 3.20. The molecule has 2 rings (SSSR count). The number of likely N-dealkylation sites (N-methyl/N-ethyl adjacent to an activating group) is 1. The van der Waals surface area contributed by atoms with Gasteiger partial charge in [0.2, 0.25) is 0 Å². The van der Waals surface area contributed by atoms with Crippen LogP contribution < -0.4 is 10.1 Å². The molecular formula is C17H19NO4. The summed E-state index contributed by atoms with van der Waals surface area (Å²) in [6.45, 7) is 2.09. The summed E-state index contributed by atoms with van der Waals surface area (Å²) < 4.78 is 10.1. The van der Waals surface area contributed by atoms with Crippen LogP contribution in [0, 0.1) is 0 Å². The van der Waals surface area contributed by atoms with E-state index in [2.05, 4.69) is 5.32 Å². The van der Waals surface area contributed by atoms with Gasteiger partial charge in [0.25, 0.3) is 5.91 Å². The van der Waals surface area contributed by atoms with Crippen molar-refractivity contribution in [3.8, 4) is 5.75 Å². The lowest BCUT2D eigenvalue weighted by molar-refractivity contribution is -0.147. The molecule has 0 saturated carbocycles. The number of hydrogen-bond donors (Lipinski definition) is 1. The average Bonchev–Trinajstić information content (AvgIpc) is 2.52. The molecule has 0 fully saturated rings. The lowest BCUT2D eigenvalue weighted by atomic mass is 10.0. The van der Waals surface area contributed by atoms with Crippen LogP contribution in [0.4, 0.5) is 0 Å². The first-order valence-electron chi connectivity index (χ1n) is 7.11. The Morgan fingerprint density at radius 2 is 1.82 bits per heavy atom. The minimum absolute atomic E-state index is 0.140. The molecule has 0 aromatic heterocycles. The first-order valence-corrected chi connectivity index (χ1v) is 7.11. The molecule has 0 heterocycles. The van der Waals surface area contributed by atoms with Crippen molar-refractivity contribution in [3.63, 3.8) is 0 Å². The number of carbonyl (C=O) groups excluding carboxylic acids is 2. The molecule has 2 aromatic carbocycles. The van der Waals surface area contributed by atoms with Crippen LogP contribution in [0.2, 0.25) is 0 Å². The Labute approximate surface area is 129 Å². The van der Waals surface area contributed by atoms with Crippen molar-refractivity contribution in [2.75, 3.05) is 20.3 Å². The van der Waals surface area contributed by atoms with E-state index in [1.165, 1.54) is 0 Å². The minimum Gasteiger partial charge on any atom is -0.497 e. The van der Waals surface area contributed by atoms with Crippen molar-refractivity contribution in [1.82, 2.24) is 5.32 Å². The van der Waals surface area contributed by atoms with Gasteiger partial charge in [-0.05, 0) is 35.4 Å². The first-order chi connectivity index (χ1) is 10.6. The Morgan fingerprint density at radius 1 is 1.09 bits per heavy atom. The SMILES string of the molecule is CCNC(=O)COC(=O)Cc1ccc2cc(OC)ccc2c1. The molecule has 2 aromatic rings. The van der Waals surface area contributed by atoms with E-state index in [0.29, 0.717) is 6.54 Å². The fourth-order valence-corrected chi connectivity index (χ4v) is 2.12. The monoisotopic (exact) mass is 301 g/mol. The van der Waals surface area contributed by atoms with E-state index >= 15 is 0 Å². The predicted octanol–water partition coefficient (Wildman–Crippen LogP) is 2.07. The number of fused-ring (bicyclic) bond motifs is 1. The highest BCUT2D eigenvalue weighted by molar-refractivity contribution is 5.86. The van der Waals surface area contributed by atoms with Crippen LogP contribution >= 0.6 is 0 Å². The van der Waals surface area contributed by atoms with Crippen LogP contribution in [-0.4, -0.2) is 32.1 Å². The highest BCUT2D eigenvalue weighted by atomic mass is 16.5. The Morgan fingerprint density at radius 3 is 2.55 bits per heavy atom. The number of ether oxygens (including phenoxy) is 2. The van der Waals surface area contributed by atoms with E-state index in [9.17, 15) is 9.59 Å². The number of methoxy groups -OCH3 is 1. The molecule has 1 amide bonds. The van der Waals surface area contributed by atoms with E-state index in [4.69, 9.17) is 9.47 Å². The van der Waals surface area contributed by atoms with Crippen molar-refractivity contribution in [1.29, 1.82) is 0 Å². The lowest BCUT2D eigenvalue weighted by Gasteiger charge is -2.07. The minimum atomic E-state index is -0.417. The van der Waals surface area contributed by atoms with E-state index < -0.39 is 5.97 Å². The Kier molecular flexibility index (Phi) is 5.36. The fraction of sp³-hybridized carbons (Fsp3) is 0.294. The zero-order chi connectivity index (χ0) is 15.9. The van der Waals surface area contributed by atoms with Crippen molar-refractivity contribution in [2.45, 2.75) is 13.3 Å². The second-order valence-electron chi connectivity index (χ2n) is 4.84. The second kappa shape index (κ2) is 7.45. The number of benzene rings is 2. The van der Waals surface area contributed by atoms with Gasteiger partial charge in [-0.25, -0.2) is 0 Å². The van der Waals surface area contributed by atoms with Crippen LogP contribution in [0.1, 0.15) is 12.5 Å². The molecule has 0 atom stereocenters. The zero-order valence-corrected chi connectivity index (χ0v) is 12.7. The molecule has 0 spiro atoms. The molecule has 0 saturated heterocycles. The molecule has 0 radical (unpaired) electrons. The number of amides is 1. The van der Waals surface area contributed by atoms with Crippen molar-refractivity contribution in [3.05, 3.63) is 42.0 Å². The highest BCUT2D eigenvalue weighted by Crippen LogP contribution is 2.22. The maximum absolute atomic E-state index is 11.7. The van der Waals surface area contributed by atoms with Gasteiger partial charge >= 0.3 is 5.97 Å². The summed E-state index contributed by atoms with van der Waals surface area (Å²) in [5, 5.41) is 4.64. The van der Waals surface area contributed by atoms with Crippen LogP contribution in [0.5, 0.6) is 5.75 Å². The topological polar surface area (TPSA) is 64.6 Å². The number of carbonyl (C=O) groups is 2. The third-order valence-corrected chi connectivity index (χ3v) is 3.20. The van der Waals surface area contributed by atoms with Gasteiger partial charge in [-0.1, -0.05) is 24.3 Å². The van der Waals surface area contributed by atoms with Gasteiger partial charge in [-0.2, -0.15) is 0 Å². The standard InChI is InChI=1S/C17H19NO4/c1-3-18-16(19)11-22-17(20)9-12-4-5-14-10-15(21-2)7-6-13(14)8-12/h4-8,10H,3,9,11H2,1-2H3,(H,18,19). The normalized spacial score (nSPS) is 10.3. The molecule has 1 N–H and O–H groups in total. The molecular weight excluding hydrogens is 282 g/mol. The van der Waals surface area contributed by atoms with Crippen LogP contribution in [0.25, 0.3) is 10.8 Å². The molecule has 0 bridgehead atoms. The van der Waals surface area contributed by atoms with Gasteiger partial charge in [0.1, 0.15) is 5.75 Å². The van der Waals surface area contributed by atoms with Gasteiger partial charge < -0.3 is 14.8 Å². The summed E-state index contributed by atoms with van der Waals surface area (Å²) in [4.78, 5) is 23.0. The molecule has 22 heavy (non-hydrogen) atoms. The van der Waals surface area contributed by atoms with E-state index in [-0.39, 0.29) is 18.9 Å². The molecule has 0 aliphatic heterocycles. The number of rotatable bonds is 6. The summed E-state index contributed by atoms with van der Waals surface area (Å²) in [6, 6.07) is 11.5. The maximum atomic E-state index is 11.7. The van der Waals surface area contributed by atoms with E-state index in [1.807, 2.05) is 43.3 Å². The van der Waals surface area contributed by atoms with Crippen LogP contribution in [-0.2, 0) is 20.7 Å². The van der Waals surface area contributed by atoms with E-state index in [1.54, 1.807) is 7.11 Å². The largest absolute Gasteiger partial charge is 0.497 e. The quantitative estimate of drug-likeness (QED) is 0.830. The summed E-state index contributed by atoms with van der Waals surface area (Å²) in [7, 11) is 1.63. The summed E-state index contributed by atoms with van der Waals surface area (Å²) in [6.07, 6.45) is 0.140. The Balaban J connectivity index is 1.99. The third kappa shape index (κ3) is 4.22.